The van der Waals surface area contributed by atoms with Gasteiger partial charge < -0.3 is 15.7 Å². The van der Waals surface area contributed by atoms with E-state index in [4.69, 9.17) is 0 Å². The van der Waals surface area contributed by atoms with Crippen LogP contribution in [-0.2, 0) is 9.59 Å². The van der Waals surface area contributed by atoms with Crippen LogP contribution in [0.1, 0.15) is 46.0 Å². The SMILES string of the molecule is CCC1(C)NC(=O)N(CC(=O)NC2CCCCC2O)C1=O. The zero-order valence-electron chi connectivity index (χ0n) is 12.5. The second kappa shape index (κ2) is 6.01. The van der Waals surface area contributed by atoms with Crippen LogP contribution in [-0.4, -0.2) is 52.1 Å². The molecule has 0 aromatic carbocycles. The molecule has 3 N–H and O–H groups in total. The fraction of sp³-hybridized carbons (Fsp3) is 0.786. The van der Waals surface area contributed by atoms with E-state index >= 15 is 0 Å². The van der Waals surface area contributed by atoms with E-state index in [-0.39, 0.29) is 18.5 Å². The fourth-order valence-electron chi connectivity index (χ4n) is 2.81. The summed E-state index contributed by atoms with van der Waals surface area (Å²) < 4.78 is 0. The van der Waals surface area contributed by atoms with Gasteiger partial charge in [0.15, 0.2) is 0 Å². The molecule has 7 heteroatoms. The van der Waals surface area contributed by atoms with Gasteiger partial charge in [0.1, 0.15) is 12.1 Å². The van der Waals surface area contributed by atoms with Crippen molar-refractivity contribution >= 4 is 17.8 Å². The Labute approximate surface area is 124 Å². The summed E-state index contributed by atoms with van der Waals surface area (Å²) in [6, 6.07) is -0.826. The topological polar surface area (TPSA) is 98.7 Å². The van der Waals surface area contributed by atoms with Gasteiger partial charge in [-0.05, 0) is 26.2 Å². The van der Waals surface area contributed by atoms with Gasteiger partial charge in [-0.15, -0.1) is 0 Å². The van der Waals surface area contributed by atoms with Gasteiger partial charge >= 0.3 is 6.03 Å². The van der Waals surface area contributed by atoms with Gasteiger partial charge in [0, 0.05) is 0 Å². The molecule has 2 rings (SSSR count). The number of nitrogens with zero attached hydrogens (tertiary/aromatic N) is 1. The molecule has 0 aromatic heterocycles. The molecule has 7 nitrogen and oxygen atoms in total. The first-order valence-electron chi connectivity index (χ1n) is 7.49. The second-order valence-corrected chi connectivity index (χ2v) is 6.03. The number of hydrogen-bond donors (Lipinski definition) is 3. The van der Waals surface area contributed by atoms with Crippen LogP contribution in [0.15, 0.2) is 0 Å². The molecule has 1 aliphatic heterocycles. The van der Waals surface area contributed by atoms with Crippen LogP contribution in [0.2, 0.25) is 0 Å². The highest BCUT2D eigenvalue weighted by molar-refractivity contribution is 6.08. The molecule has 4 amide bonds. The Kier molecular flexibility index (Phi) is 4.51. The van der Waals surface area contributed by atoms with Crippen molar-refractivity contribution in [3.8, 4) is 0 Å². The Morgan fingerprint density at radius 2 is 2.10 bits per heavy atom. The van der Waals surface area contributed by atoms with Gasteiger partial charge in [-0.2, -0.15) is 0 Å². The number of aliphatic hydroxyl groups is 1. The van der Waals surface area contributed by atoms with Crippen LogP contribution < -0.4 is 10.6 Å². The number of imide groups is 1. The number of aliphatic hydroxyl groups excluding tert-OH is 1. The molecule has 0 radical (unpaired) electrons. The largest absolute Gasteiger partial charge is 0.391 e. The van der Waals surface area contributed by atoms with E-state index in [0.717, 1.165) is 24.2 Å². The first-order chi connectivity index (χ1) is 9.87. The van der Waals surface area contributed by atoms with Gasteiger partial charge in [-0.3, -0.25) is 14.5 Å². The van der Waals surface area contributed by atoms with Crippen molar-refractivity contribution in [2.45, 2.75) is 63.6 Å². The summed E-state index contributed by atoms with van der Waals surface area (Å²) in [6.07, 6.45) is 3.22. The summed E-state index contributed by atoms with van der Waals surface area (Å²) in [5, 5.41) is 15.2. The van der Waals surface area contributed by atoms with Gasteiger partial charge in [-0.1, -0.05) is 19.8 Å². The third-order valence-electron chi connectivity index (χ3n) is 4.43. The van der Waals surface area contributed by atoms with Crippen molar-refractivity contribution in [2.75, 3.05) is 6.54 Å². The highest BCUT2D eigenvalue weighted by Crippen LogP contribution is 2.21. The van der Waals surface area contributed by atoms with Crippen molar-refractivity contribution in [3.63, 3.8) is 0 Å². The van der Waals surface area contributed by atoms with Crippen molar-refractivity contribution in [1.82, 2.24) is 15.5 Å². The molecule has 1 heterocycles. The molecule has 3 atom stereocenters. The average Bonchev–Trinajstić information content (AvgIpc) is 2.66. The quantitative estimate of drug-likeness (QED) is 0.642. The number of rotatable bonds is 4. The fourth-order valence-corrected chi connectivity index (χ4v) is 2.81. The van der Waals surface area contributed by atoms with E-state index < -0.39 is 23.6 Å². The van der Waals surface area contributed by atoms with Crippen molar-refractivity contribution in [2.24, 2.45) is 0 Å². The van der Waals surface area contributed by atoms with Gasteiger partial charge in [0.05, 0.1) is 12.1 Å². The summed E-state index contributed by atoms with van der Waals surface area (Å²) in [5.74, 6) is -0.792. The first kappa shape index (κ1) is 15.8. The van der Waals surface area contributed by atoms with E-state index in [1.807, 2.05) is 0 Å². The van der Waals surface area contributed by atoms with Crippen molar-refractivity contribution in [1.29, 1.82) is 0 Å². The smallest absolute Gasteiger partial charge is 0.325 e. The number of carbonyl (C=O) groups excluding carboxylic acids is 3. The van der Waals surface area contributed by atoms with Crippen molar-refractivity contribution < 1.29 is 19.5 Å². The summed E-state index contributed by atoms with van der Waals surface area (Å²) >= 11 is 0. The molecule has 0 bridgehead atoms. The third kappa shape index (κ3) is 3.18. The first-order valence-corrected chi connectivity index (χ1v) is 7.49. The van der Waals surface area contributed by atoms with E-state index in [1.165, 1.54) is 0 Å². The zero-order chi connectivity index (χ0) is 15.6. The molecular weight excluding hydrogens is 274 g/mol. The molecule has 1 saturated heterocycles. The normalized spacial score (nSPS) is 33.0. The molecule has 1 saturated carbocycles. The Morgan fingerprint density at radius 1 is 1.43 bits per heavy atom. The molecule has 21 heavy (non-hydrogen) atoms. The minimum absolute atomic E-state index is 0.287. The van der Waals surface area contributed by atoms with Crippen LogP contribution in [0.4, 0.5) is 4.79 Å². The lowest BCUT2D eigenvalue weighted by Gasteiger charge is -2.28. The molecule has 0 aromatic rings. The summed E-state index contributed by atoms with van der Waals surface area (Å²) in [5.41, 5.74) is -0.929. The highest BCUT2D eigenvalue weighted by atomic mass is 16.3. The van der Waals surface area contributed by atoms with Crippen molar-refractivity contribution in [3.05, 3.63) is 0 Å². The molecule has 2 fully saturated rings. The molecular formula is C14H23N3O4. The predicted molar refractivity (Wildman–Crippen MR) is 75.3 cm³/mol. The van der Waals surface area contributed by atoms with Gasteiger partial charge in [0.2, 0.25) is 5.91 Å². The standard InChI is InChI=1S/C14H23N3O4/c1-3-14(2)12(20)17(13(21)16-14)8-11(19)15-9-6-4-5-7-10(9)18/h9-10,18H,3-8H2,1-2H3,(H,15,19)(H,16,21). The van der Waals surface area contributed by atoms with Crippen LogP contribution in [0, 0.1) is 0 Å². The van der Waals surface area contributed by atoms with Gasteiger partial charge in [-0.25, -0.2) is 4.79 Å². The van der Waals surface area contributed by atoms with E-state index in [0.29, 0.717) is 12.8 Å². The maximum atomic E-state index is 12.2. The van der Waals surface area contributed by atoms with Crippen LogP contribution in [0.3, 0.4) is 0 Å². The Bertz CT molecular complexity index is 454. The lowest BCUT2D eigenvalue weighted by molar-refractivity contribution is -0.135. The lowest BCUT2D eigenvalue weighted by atomic mass is 9.92. The molecule has 0 spiro atoms. The third-order valence-corrected chi connectivity index (χ3v) is 4.43. The van der Waals surface area contributed by atoms with E-state index in [2.05, 4.69) is 10.6 Å². The molecule has 2 aliphatic rings. The average molecular weight is 297 g/mol. The summed E-state index contributed by atoms with van der Waals surface area (Å²) in [4.78, 5) is 36.9. The number of amides is 4. The predicted octanol–water partition coefficient (Wildman–Crippen LogP) is 0.127. The minimum Gasteiger partial charge on any atom is -0.391 e. The van der Waals surface area contributed by atoms with E-state index in [9.17, 15) is 19.5 Å². The zero-order valence-corrected chi connectivity index (χ0v) is 12.5. The maximum Gasteiger partial charge on any atom is 0.325 e. The Morgan fingerprint density at radius 3 is 2.67 bits per heavy atom. The van der Waals surface area contributed by atoms with Crippen LogP contribution in [0.5, 0.6) is 0 Å². The Balaban J connectivity index is 1.93. The maximum absolute atomic E-state index is 12.2. The summed E-state index contributed by atoms with van der Waals surface area (Å²) in [6.45, 7) is 3.15. The number of carbonyl (C=O) groups is 3. The lowest BCUT2D eigenvalue weighted by Crippen LogP contribution is -2.50. The highest BCUT2D eigenvalue weighted by Gasteiger charge is 2.47. The second-order valence-electron chi connectivity index (χ2n) is 6.03. The minimum atomic E-state index is -0.929. The number of nitrogens with one attached hydrogen (secondary N) is 2. The molecule has 1 aliphatic carbocycles. The number of hydrogen-bond acceptors (Lipinski definition) is 4. The monoisotopic (exact) mass is 297 g/mol. The van der Waals surface area contributed by atoms with Crippen LogP contribution >= 0.6 is 0 Å². The molecule has 118 valence electrons. The van der Waals surface area contributed by atoms with Gasteiger partial charge in [0.25, 0.3) is 5.91 Å². The van der Waals surface area contributed by atoms with E-state index in [1.54, 1.807) is 13.8 Å². The molecule has 3 unspecified atom stereocenters. The van der Waals surface area contributed by atoms with Crippen LogP contribution in [0.25, 0.3) is 0 Å². The Hall–Kier alpha value is -1.63. The number of urea groups is 1. The summed E-state index contributed by atoms with van der Waals surface area (Å²) in [7, 11) is 0.